The molecule has 27 heavy (non-hydrogen) atoms. The molecule has 5 heteroatoms. The van der Waals surface area contributed by atoms with Crippen LogP contribution in [-0.4, -0.2) is 15.7 Å². The number of rotatable bonds is 5. The van der Waals surface area contributed by atoms with Gasteiger partial charge in [0.1, 0.15) is 18.2 Å². The lowest BCUT2D eigenvalue weighted by Crippen LogP contribution is -2.26. The lowest BCUT2D eigenvalue weighted by molar-refractivity contribution is 0.102. The molecule has 0 aliphatic heterocycles. The molecular weight excluding hydrogens is 338 g/mol. The van der Waals surface area contributed by atoms with E-state index in [4.69, 9.17) is 4.74 Å². The zero-order chi connectivity index (χ0) is 19.4. The minimum Gasteiger partial charge on any atom is -0.489 e. The fourth-order valence-corrected chi connectivity index (χ4v) is 2.76. The van der Waals surface area contributed by atoms with Gasteiger partial charge in [-0.05, 0) is 51.5 Å². The van der Waals surface area contributed by atoms with Crippen LogP contribution in [0.5, 0.6) is 5.75 Å². The molecule has 0 saturated heterocycles. The molecule has 0 bridgehead atoms. The van der Waals surface area contributed by atoms with E-state index in [1.165, 1.54) is 0 Å². The summed E-state index contributed by atoms with van der Waals surface area (Å²) in [4.78, 5) is 12.7. The average molecular weight is 363 g/mol. The molecular formula is C22H25N3O2. The van der Waals surface area contributed by atoms with E-state index in [0.29, 0.717) is 23.7 Å². The van der Waals surface area contributed by atoms with Crippen LogP contribution >= 0.6 is 0 Å². The van der Waals surface area contributed by atoms with Crippen molar-refractivity contribution < 1.29 is 9.53 Å². The Morgan fingerprint density at radius 2 is 1.81 bits per heavy atom. The normalized spacial score (nSPS) is 11.3. The van der Waals surface area contributed by atoms with Crippen LogP contribution in [0.15, 0.2) is 60.7 Å². The Morgan fingerprint density at radius 3 is 2.52 bits per heavy atom. The Balaban J connectivity index is 1.73. The van der Waals surface area contributed by atoms with E-state index in [2.05, 4.69) is 10.4 Å². The number of benzene rings is 2. The fourth-order valence-electron chi connectivity index (χ4n) is 2.76. The number of aromatic nitrogens is 2. The van der Waals surface area contributed by atoms with Crippen molar-refractivity contribution in [2.45, 2.75) is 39.8 Å². The van der Waals surface area contributed by atoms with Gasteiger partial charge in [-0.3, -0.25) is 4.79 Å². The lowest BCUT2D eigenvalue weighted by atomic mass is 10.1. The van der Waals surface area contributed by atoms with Crippen molar-refractivity contribution in [2.75, 3.05) is 5.32 Å². The van der Waals surface area contributed by atoms with Gasteiger partial charge in [-0.25, -0.2) is 4.68 Å². The number of nitrogens with zero attached hydrogens (tertiary/aromatic N) is 2. The summed E-state index contributed by atoms with van der Waals surface area (Å²) in [5, 5.41) is 7.45. The second kappa shape index (κ2) is 7.66. The van der Waals surface area contributed by atoms with Gasteiger partial charge in [-0.1, -0.05) is 36.4 Å². The largest absolute Gasteiger partial charge is 0.489 e. The number of hydrogen-bond acceptors (Lipinski definition) is 3. The van der Waals surface area contributed by atoms with Crippen molar-refractivity contribution in [1.82, 2.24) is 9.78 Å². The van der Waals surface area contributed by atoms with Gasteiger partial charge in [0.15, 0.2) is 0 Å². The quantitative estimate of drug-likeness (QED) is 0.710. The van der Waals surface area contributed by atoms with Crippen LogP contribution in [0.4, 0.5) is 5.82 Å². The van der Waals surface area contributed by atoms with Crippen molar-refractivity contribution in [2.24, 2.45) is 0 Å². The number of carbonyl (C=O) groups is 1. The molecule has 0 spiro atoms. The number of carbonyl (C=O) groups excluding carboxylic acids is 1. The summed E-state index contributed by atoms with van der Waals surface area (Å²) in [6.07, 6.45) is 0. The monoisotopic (exact) mass is 363 g/mol. The molecule has 5 nitrogen and oxygen atoms in total. The van der Waals surface area contributed by atoms with Crippen LogP contribution in [-0.2, 0) is 12.1 Å². The van der Waals surface area contributed by atoms with Crippen LogP contribution in [0.2, 0.25) is 0 Å². The summed E-state index contributed by atoms with van der Waals surface area (Å²) in [7, 11) is 0. The molecule has 0 aliphatic rings. The van der Waals surface area contributed by atoms with Gasteiger partial charge in [0, 0.05) is 11.6 Å². The van der Waals surface area contributed by atoms with Gasteiger partial charge in [0.25, 0.3) is 5.91 Å². The first-order chi connectivity index (χ1) is 12.8. The molecule has 0 aliphatic carbocycles. The van der Waals surface area contributed by atoms with Gasteiger partial charge in [0.2, 0.25) is 0 Å². The van der Waals surface area contributed by atoms with Gasteiger partial charge < -0.3 is 10.1 Å². The predicted molar refractivity (Wildman–Crippen MR) is 107 cm³/mol. The first kappa shape index (κ1) is 18.7. The third kappa shape index (κ3) is 4.76. The highest BCUT2D eigenvalue weighted by atomic mass is 16.5. The Kier molecular flexibility index (Phi) is 5.31. The maximum absolute atomic E-state index is 12.7. The summed E-state index contributed by atoms with van der Waals surface area (Å²) in [5.74, 6) is 1.15. The van der Waals surface area contributed by atoms with Gasteiger partial charge in [0.05, 0.1) is 11.2 Å². The molecule has 1 amide bonds. The standard InChI is InChI=1S/C22H25N3O2/c1-16-13-20(25(24-16)22(2,3)4)23-21(26)18-11-8-12-19(14-18)27-15-17-9-6-5-7-10-17/h5-14H,15H2,1-4H3,(H,23,26). The highest BCUT2D eigenvalue weighted by Gasteiger charge is 2.20. The van der Waals surface area contributed by atoms with Gasteiger partial charge in [-0.15, -0.1) is 0 Å². The van der Waals surface area contributed by atoms with E-state index in [-0.39, 0.29) is 11.4 Å². The van der Waals surface area contributed by atoms with Crippen LogP contribution in [0.1, 0.15) is 42.4 Å². The van der Waals surface area contributed by atoms with Crippen molar-refractivity contribution >= 4 is 11.7 Å². The molecule has 0 saturated carbocycles. The van der Waals surface area contributed by atoms with E-state index in [1.807, 2.05) is 80.9 Å². The lowest BCUT2D eigenvalue weighted by Gasteiger charge is -2.22. The minimum absolute atomic E-state index is 0.189. The highest BCUT2D eigenvalue weighted by Crippen LogP contribution is 2.22. The van der Waals surface area contributed by atoms with Crippen LogP contribution in [0.25, 0.3) is 0 Å². The second-order valence-corrected chi connectivity index (χ2v) is 7.51. The predicted octanol–water partition coefficient (Wildman–Crippen LogP) is 4.78. The summed E-state index contributed by atoms with van der Waals surface area (Å²) in [5.41, 5.74) is 2.26. The van der Waals surface area contributed by atoms with Crippen molar-refractivity contribution in [3.63, 3.8) is 0 Å². The molecule has 0 radical (unpaired) electrons. The summed E-state index contributed by atoms with van der Waals surface area (Å²) in [6.45, 7) is 8.52. The zero-order valence-electron chi connectivity index (χ0n) is 16.2. The number of anilines is 1. The number of hydrogen-bond donors (Lipinski definition) is 1. The third-order valence-corrected chi connectivity index (χ3v) is 4.05. The molecule has 1 N–H and O–H groups in total. The SMILES string of the molecule is Cc1cc(NC(=O)c2cccc(OCc3ccccc3)c2)n(C(C)(C)C)n1. The number of aryl methyl sites for hydroxylation is 1. The maximum Gasteiger partial charge on any atom is 0.256 e. The summed E-state index contributed by atoms with van der Waals surface area (Å²) in [6, 6.07) is 19.0. The molecule has 0 unspecified atom stereocenters. The molecule has 140 valence electrons. The van der Waals surface area contributed by atoms with Crippen molar-refractivity contribution in [1.29, 1.82) is 0 Å². The van der Waals surface area contributed by atoms with Gasteiger partial charge in [-0.2, -0.15) is 5.10 Å². The van der Waals surface area contributed by atoms with E-state index in [0.717, 1.165) is 11.3 Å². The Morgan fingerprint density at radius 1 is 1.07 bits per heavy atom. The topological polar surface area (TPSA) is 56.1 Å². The molecule has 1 aromatic heterocycles. The molecule has 3 aromatic rings. The Hall–Kier alpha value is -3.08. The van der Waals surface area contributed by atoms with Crippen LogP contribution < -0.4 is 10.1 Å². The van der Waals surface area contributed by atoms with Crippen LogP contribution in [0, 0.1) is 6.92 Å². The minimum atomic E-state index is -0.225. The zero-order valence-corrected chi connectivity index (χ0v) is 16.2. The maximum atomic E-state index is 12.7. The third-order valence-electron chi connectivity index (χ3n) is 4.05. The van der Waals surface area contributed by atoms with Crippen molar-refractivity contribution in [3.8, 4) is 5.75 Å². The highest BCUT2D eigenvalue weighted by molar-refractivity contribution is 6.04. The number of ether oxygens (including phenoxy) is 1. The number of nitrogens with one attached hydrogen (secondary N) is 1. The molecule has 3 rings (SSSR count). The smallest absolute Gasteiger partial charge is 0.256 e. The van der Waals surface area contributed by atoms with Crippen molar-refractivity contribution in [3.05, 3.63) is 77.5 Å². The second-order valence-electron chi connectivity index (χ2n) is 7.51. The first-order valence-corrected chi connectivity index (χ1v) is 8.98. The Labute approximate surface area is 160 Å². The summed E-state index contributed by atoms with van der Waals surface area (Å²) >= 11 is 0. The fraction of sp³-hybridized carbons (Fsp3) is 0.273. The molecule has 2 aromatic carbocycles. The van der Waals surface area contributed by atoms with E-state index in [9.17, 15) is 4.79 Å². The Bertz CT molecular complexity index is 924. The molecule has 1 heterocycles. The van der Waals surface area contributed by atoms with E-state index < -0.39 is 0 Å². The van der Waals surface area contributed by atoms with E-state index >= 15 is 0 Å². The average Bonchev–Trinajstić information content (AvgIpc) is 3.02. The summed E-state index contributed by atoms with van der Waals surface area (Å²) < 4.78 is 7.65. The first-order valence-electron chi connectivity index (χ1n) is 8.98. The van der Waals surface area contributed by atoms with Gasteiger partial charge >= 0.3 is 0 Å². The number of amides is 1. The van der Waals surface area contributed by atoms with Crippen LogP contribution in [0.3, 0.4) is 0 Å². The molecule has 0 fully saturated rings. The van der Waals surface area contributed by atoms with E-state index in [1.54, 1.807) is 12.1 Å². The molecule has 0 atom stereocenters.